The lowest BCUT2D eigenvalue weighted by Crippen LogP contribution is -2.17. The summed E-state index contributed by atoms with van der Waals surface area (Å²) in [5, 5.41) is 3.27. The number of carbonyl (C=O) groups excluding carboxylic acids is 1. The number of hydrogen-bond donors (Lipinski definition) is 2. The maximum Gasteiger partial charge on any atom is 0.204 e. The molecule has 1 unspecified atom stereocenters. The highest BCUT2D eigenvalue weighted by Crippen LogP contribution is 2.07. The van der Waals surface area contributed by atoms with E-state index in [1.54, 1.807) is 12.3 Å². The SMILES string of the molecule is O=C(COCC1CCNC1)c1ccc[nH]1. The van der Waals surface area contributed by atoms with E-state index in [2.05, 4.69) is 10.3 Å². The molecule has 1 fully saturated rings. The van der Waals surface area contributed by atoms with E-state index in [1.807, 2.05) is 6.07 Å². The van der Waals surface area contributed by atoms with Crippen molar-refractivity contribution in [2.24, 2.45) is 5.92 Å². The minimum Gasteiger partial charge on any atom is -0.373 e. The van der Waals surface area contributed by atoms with Crippen molar-refractivity contribution in [2.45, 2.75) is 6.42 Å². The first-order chi connectivity index (χ1) is 7.36. The van der Waals surface area contributed by atoms with Gasteiger partial charge in [-0.3, -0.25) is 4.79 Å². The summed E-state index contributed by atoms with van der Waals surface area (Å²) in [7, 11) is 0. The standard InChI is InChI=1S/C11H16N2O2/c14-11(10-2-1-4-13-10)8-15-7-9-3-5-12-6-9/h1-2,4,9,12-13H,3,5-8H2. The van der Waals surface area contributed by atoms with Crippen LogP contribution in [-0.4, -0.2) is 37.1 Å². The average Bonchev–Trinajstić information content (AvgIpc) is 2.90. The molecule has 82 valence electrons. The van der Waals surface area contributed by atoms with Gasteiger partial charge in [-0.2, -0.15) is 0 Å². The van der Waals surface area contributed by atoms with Crippen LogP contribution in [0.5, 0.6) is 0 Å². The first-order valence-electron chi connectivity index (χ1n) is 5.31. The normalized spacial score (nSPS) is 20.7. The van der Waals surface area contributed by atoms with E-state index >= 15 is 0 Å². The molecule has 0 aromatic carbocycles. The maximum absolute atomic E-state index is 11.5. The number of ketones is 1. The van der Waals surface area contributed by atoms with Gasteiger partial charge in [-0.05, 0) is 31.0 Å². The number of carbonyl (C=O) groups is 1. The zero-order valence-electron chi connectivity index (χ0n) is 8.66. The van der Waals surface area contributed by atoms with Crippen molar-refractivity contribution in [3.63, 3.8) is 0 Å². The molecule has 1 aromatic rings. The van der Waals surface area contributed by atoms with Crippen LogP contribution in [0, 0.1) is 5.92 Å². The smallest absolute Gasteiger partial charge is 0.204 e. The van der Waals surface area contributed by atoms with E-state index in [0.29, 0.717) is 18.2 Å². The Morgan fingerprint density at radius 1 is 1.60 bits per heavy atom. The Morgan fingerprint density at radius 2 is 2.53 bits per heavy atom. The topological polar surface area (TPSA) is 54.1 Å². The predicted molar refractivity (Wildman–Crippen MR) is 56.9 cm³/mol. The summed E-state index contributed by atoms with van der Waals surface area (Å²) >= 11 is 0. The summed E-state index contributed by atoms with van der Waals surface area (Å²) in [6.07, 6.45) is 2.89. The van der Waals surface area contributed by atoms with Gasteiger partial charge in [0.15, 0.2) is 0 Å². The monoisotopic (exact) mass is 208 g/mol. The Bertz CT molecular complexity index is 302. The lowest BCUT2D eigenvalue weighted by molar-refractivity contribution is 0.0688. The summed E-state index contributed by atoms with van der Waals surface area (Å²) in [5.74, 6) is 0.590. The Hall–Kier alpha value is -1.13. The van der Waals surface area contributed by atoms with Crippen LogP contribution in [0.25, 0.3) is 0 Å². The maximum atomic E-state index is 11.5. The highest BCUT2D eigenvalue weighted by Gasteiger charge is 2.15. The minimum atomic E-state index is 0.0194. The number of Topliss-reactive ketones (excluding diaryl/α,β-unsaturated/α-hetero) is 1. The van der Waals surface area contributed by atoms with E-state index in [-0.39, 0.29) is 12.4 Å². The fraction of sp³-hybridized carbons (Fsp3) is 0.545. The average molecular weight is 208 g/mol. The van der Waals surface area contributed by atoms with Crippen LogP contribution < -0.4 is 5.32 Å². The molecule has 4 nitrogen and oxygen atoms in total. The summed E-state index contributed by atoms with van der Waals surface area (Å²) in [6, 6.07) is 3.58. The second-order valence-corrected chi connectivity index (χ2v) is 3.88. The quantitative estimate of drug-likeness (QED) is 0.704. The van der Waals surface area contributed by atoms with Crippen molar-refractivity contribution in [3.8, 4) is 0 Å². The molecule has 0 aliphatic carbocycles. The van der Waals surface area contributed by atoms with Gasteiger partial charge in [0.05, 0.1) is 12.3 Å². The van der Waals surface area contributed by atoms with Crippen LogP contribution in [0.2, 0.25) is 0 Å². The Kier molecular flexibility index (Phi) is 3.53. The molecule has 0 bridgehead atoms. The second-order valence-electron chi connectivity index (χ2n) is 3.88. The van der Waals surface area contributed by atoms with E-state index in [1.165, 1.54) is 0 Å². The molecule has 1 aliphatic heterocycles. The molecular formula is C11H16N2O2. The van der Waals surface area contributed by atoms with Crippen LogP contribution in [0.1, 0.15) is 16.9 Å². The molecule has 1 atom stereocenters. The lowest BCUT2D eigenvalue weighted by Gasteiger charge is -2.07. The number of aromatic amines is 1. The van der Waals surface area contributed by atoms with E-state index in [0.717, 1.165) is 19.5 Å². The van der Waals surface area contributed by atoms with Gasteiger partial charge in [-0.15, -0.1) is 0 Å². The molecule has 1 saturated heterocycles. The molecule has 0 saturated carbocycles. The number of H-pyrrole nitrogens is 1. The zero-order chi connectivity index (χ0) is 10.5. The predicted octanol–water partition coefficient (Wildman–Crippen LogP) is 0.823. The molecule has 1 aromatic heterocycles. The van der Waals surface area contributed by atoms with Crippen LogP contribution in [-0.2, 0) is 4.74 Å². The van der Waals surface area contributed by atoms with Crippen molar-refractivity contribution >= 4 is 5.78 Å². The fourth-order valence-electron chi connectivity index (χ4n) is 1.76. The summed E-state index contributed by atoms with van der Waals surface area (Å²) in [6.45, 7) is 2.94. The van der Waals surface area contributed by atoms with Crippen LogP contribution in [0.15, 0.2) is 18.3 Å². The first-order valence-corrected chi connectivity index (χ1v) is 5.31. The number of aromatic nitrogens is 1. The van der Waals surface area contributed by atoms with Gasteiger partial charge < -0.3 is 15.0 Å². The fourth-order valence-corrected chi connectivity index (χ4v) is 1.76. The van der Waals surface area contributed by atoms with Gasteiger partial charge in [-0.1, -0.05) is 0 Å². The molecule has 0 amide bonds. The molecule has 2 N–H and O–H groups in total. The van der Waals surface area contributed by atoms with Crippen molar-refractivity contribution in [1.82, 2.24) is 10.3 Å². The van der Waals surface area contributed by atoms with Gasteiger partial charge in [0.1, 0.15) is 6.61 Å². The number of hydrogen-bond acceptors (Lipinski definition) is 3. The summed E-state index contributed by atoms with van der Waals surface area (Å²) < 4.78 is 5.39. The van der Waals surface area contributed by atoms with Crippen LogP contribution in [0.3, 0.4) is 0 Å². The third-order valence-electron chi connectivity index (χ3n) is 2.65. The van der Waals surface area contributed by atoms with Gasteiger partial charge in [0.2, 0.25) is 5.78 Å². The van der Waals surface area contributed by atoms with Gasteiger partial charge in [0.25, 0.3) is 0 Å². The molecule has 0 spiro atoms. The highest BCUT2D eigenvalue weighted by atomic mass is 16.5. The summed E-state index contributed by atoms with van der Waals surface area (Å²) in [5.41, 5.74) is 0.625. The molecule has 15 heavy (non-hydrogen) atoms. The van der Waals surface area contributed by atoms with Crippen LogP contribution >= 0.6 is 0 Å². The Labute approximate surface area is 89.0 Å². The number of ether oxygens (including phenoxy) is 1. The Balaban J connectivity index is 1.67. The third-order valence-corrected chi connectivity index (χ3v) is 2.65. The molecular weight excluding hydrogens is 192 g/mol. The Morgan fingerprint density at radius 3 is 3.20 bits per heavy atom. The second kappa shape index (κ2) is 5.09. The first kappa shape index (κ1) is 10.4. The molecule has 2 rings (SSSR count). The van der Waals surface area contributed by atoms with Crippen molar-refractivity contribution in [1.29, 1.82) is 0 Å². The number of nitrogens with one attached hydrogen (secondary N) is 2. The zero-order valence-corrected chi connectivity index (χ0v) is 8.66. The molecule has 2 heterocycles. The lowest BCUT2D eigenvalue weighted by atomic mass is 10.1. The molecule has 4 heteroatoms. The van der Waals surface area contributed by atoms with E-state index in [4.69, 9.17) is 4.74 Å². The number of rotatable bonds is 5. The van der Waals surface area contributed by atoms with Gasteiger partial charge >= 0.3 is 0 Å². The van der Waals surface area contributed by atoms with Crippen molar-refractivity contribution in [2.75, 3.05) is 26.3 Å². The van der Waals surface area contributed by atoms with Crippen molar-refractivity contribution in [3.05, 3.63) is 24.0 Å². The largest absolute Gasteiger partial charge is 0.373 e. The molecule has 0 radical (unpaired) electrons. The van der Waals surface area contributed by atoms with E-state index in [9.17, 15) is 4.79 Å². The van der Waals surface area contributed by atoms with Gasteiger partial charge in [-0.25, -0.2) is 0 Å². The molecule has 1 aliphatic rings. The third kappa shape index (κ3) is 2.91. The van der Waals surface area contributed by atoms with Gasteiger partial charge in [0, 0.05) is 12.7 Å². The highest BCUT2D eigenvalue weighted by molar-refractivity contribution is 5.95. The van der Waals surface area contributed by atoms with E-state index < -0.39 is 0 Å². The summed E-state index contributed by atoms with van der Waals surface area (Å²) in [4.78, 5) is 14.4. The van der Waals surface area contributed by atoms with Crippen molar-refractivity contribution < 1.29 is 9.53 Å². The van der Waals surface area contributed by atoms with Crippen LogP contribution in [0.4, 0.5) is 0 Å². The minimum absolute atomic E-state index is 0.0194.